The van der Waals surface area contributed by atoms with Gasteiger partial charge in [0.1, 0.15) is 24.3 Å². The molecule has 182 valence electrons. The van der Waals surface area contributed by atoms with Crippen LogP contribution in [0.2, 0.25) is 0 Å². The Bertz CT molecular complexity index is 662. The molecule has 1 aliphatic heterocycles. The highest BCUT2D eigenvalue weighted by Gasteiger charge is 2.23. The molecule has 1 saturated heterocycles. The van der Waals surface area contributed by atoms with Gasteiger partial charge in [0.05, 0.1) is 6.54 Å². The molecule has 0 radical (unpaired) electrons. The van der Waals surface area contributed by atoms with Crippen LogP contribution in [0, 0.1) is 11.7 Å². The minimum atomic E-state index is -0.724. The normalized spacial score (nSPS) is 19.8. The third-order valence-corrected chi connectivity index (χ3v) is 6.23. The van der Waals surface area contributed by atoms with E-state index in [0.717, 1.165) is 44.4 Å². The van der Waals surface area contributed by atoms with Crippen LogP contribution in [0.3, 0.4) is 0 Å². The predicted molar refractivity (Wildman–Crippen MR) is 138 cm³/mol. The van der Waals surface area contributed by atoms with E-state index in [0.29, 0.717) is 11.8 Å². The SMILES string of the molecule is CCNC(=NCC(O)COc1ccc(F)cc1)NC1CCN(CC2CCCCC2)CC1.I. The summed E-state index contributed by atoms with van der Waals surface area (Å²) in [5, 5.41) is 17.0. The highest BCUT2D eigenvalue weighted by molar-refractivity contribution is 14.0. The van der Waals surface area contributed by atoms with E-state index < -0.39 is 6.10 Å². The summed E-state index contributed by atoms with van der Waals surface area (Å²) >= 11 is 0. The van der Waals surface area contributed by atoms with E-state index in [1.54, 1.807) is 12.1 Å². The van der Waals surface area contributed by atoms with Crippen LogP contribution in [0.25, 0.3) is 0 Å². The Labute approximate surface area is 209 Å². The number of halogens is 2. The quantitative estimate of drug-likeness (QED) is 0.243. The summed E-state index contributed by atoms with van der Waals surface area (Å²) < 4.78 is 18.5. The van der Waals surface area contributed by atoms with Crippen LogP contribution in [0.1, 0.15) is 51.9 Å². The van der Waals surface area contributed by atoms with Gasteiger partial charge in [-0.15, -0.1) is 24.0 Å². The molecule has 1 aliphatic carbocycles. The number of likely N-dealkylation sites (tertiary alicyclic amines) is 1. The fraction of sp³-hybridized carbons (Fsp3) is 0.708. The lowest BCUT2D eigenvalue weighted by Gasteiger charge is -2.36. The highest BCUT2D eigenvalue weighted by Crippen LogP contribution is 2.25. The lowest BCUT2D eigenvalue weighted by atomic mass is 9.88. The van der Waals surface area contributed by atoms with Gasteiger partial charge in [-0.1, -0.05) is 19.3 Å². The Morgan fingerprint density at radius 1 is 1.16 bits per heavy atom. The number of aliphatic hydroxyl groups excluding tert-OH is 1. The lowest BCUT2D eigenvalue weighted by Crippen LogP contribution is -2.49. The Morgan fingerprint density at radius 2 is 1.84 bits per heavy atom. The monoisotopic (exact) mass is 562 g/mol. The van der Waals surface area contributed by atoms with Crippen LogP contribution in [0.5, 0.6) is 5.75 Å². The number of aliphatic hydroxyl groups is 1. The largest absolute Gasteiger partial charge is 0.491 e. The molecular weight excluding hydrogens is 522 g/mol. The third-order valence-electron chi connectivity index (χ3n) is 6.23. The van der Waals surface area contributed by atoms with Crippen LogP contribution in [-0.2, 0) is 0 Å². The first kappa shape index (κ1) is 27.1. The first-order valence-corrected chi connectivity index (χ1v) is 12.0. The molecular formula is C24H40FIN4O2. The molecule has 0 aromatic heterocycles. The second kappa shape index (κ2) is 14.9. The van der Waals surface area contributed by atoms with Crippen molar-refractivity contribution in [3.63, 3.8) is 0 Å². The molecule has 0 bridgehead atoms. The van der Waals surface area contributed by atoms with E-state index in [1.807, 2.05) is 6.92 Å². The molecule has 3 N–H and O–H groups in total. The fourth-order valence-electron chi connectivity index (χ4n) is 4.48. The number of piperidine rings is 1. The third kappa shape index (κ3) is 9.79. The smallest absolute Gasteiger partial charge is 0.191 e. The minimum absolute atomic E-state index is 0. The van der Waals surface area contributed by atoms with Gasteiger partial charge in [-0.25, -0.2) is 4.39 Å². The molecule has 32 heavy (non-hydrogen) atoms. The van der Waals surface area contributed by atoms with Crippen molar-refractivity contribution < 1.29 is 14.2 Å². The molecule has 2 fully saturated rings. The first-order valence-electron chi connectivity index (χ1n) is 12.0. The molecule has 8 heteroatoms. The van der Waals surface area contributed by atoms with Crippen molar-refractivity contribution in [1.82, 2.24) is 15.5 Å². The molecule has 1 aromatic carbocycles. The molecule has 0 amide bonds. The van der Waals surface area contributed by atoms with Gasteiger partial charge in [0, 0.05) is 32.2 Å². The van der Waals surface area contributed by atoms with Crippen LogP contribution in [-0.4, -0.2) is 67.4 Å². The molecule has 1 saturated carbocycles. The number of rotatable bonds is 9. The van der Waals surface area contributed by atoms with Crippen molar-refractivity contribution in [2.45, 2.75) is 64.0 Å². The second-order valence-electron chi connectivity index (χ2n) is 8.86. The first-order chi connectivity index (χ1) is 15.1. The molecule has 1 heterocycles. The number of nitrogens with zero attached hydrogens (tertiary/aromatic N) is 2. The Kier molecular flexibility index (Phi) is 12.6. The fourth-order valence-corrected chi connectivity index (χ4v) is 4.48. The molecule has 1 unspecified atom stereocenters. The molecule has 0 spiro atoms. The number of benzene rings is 1. The van der Waals surface area contributed by atoms with E-state index >= 15 is 0 Å². The van der Waals surface area contributed by atoms with Crippen molar-refractivity contribution in [3.05, 3.63) is 30.1 Å². The second-order valence-corrected chi connectivity index (χ2v) is 8.86. The maximum absolute atomic E-state index is 12.9. The molecule has 1 aromatic rings. The van der Waals surface area contributed by atoms with Gasteiger partial charge in [-0.2, -0.15) is 0 Å². The van der Waals surface area contributed by atoms with Crippen LogP contribution >= 0.6 is 24.0 Å². The standard InChI is InChI=1S/C24H39FN4O2.HI/c1-2-26-24(27-16-22(30)18-31-23-10-8-20(25)9-11-23)28-21-12-14-29(15-13-21)17-19-6-4-3-5-7-19;/h8-11,19,21-22,30H,2-7,12-18H2,1H3,(H2,26,27,28);1H. The van der Waals surface area contributed by atoms with E-state index in [1.165, 1.54) is 50.8 Å². The number of hydrogen-bond donors (Lipinski definition) is 3. The Balaban J connectivity index is 0.00000363. The van der Waals surface area contributed by atoms with E-state index in [-0.39, 0.29) is 42.9 Å². The molecule has 1 atom stereocenters. The zero-order chi connectivity index (χ0) is 21.9. The topological polar surface area (TPSA) is 69.1 Å². The maximum Gasteiger partial charge on any atom is 0.191 e. The maximum atomic E-state index is 12.9. The number of nitrogens with one attached hydrogen (secondary N) is 2. The van der Waals surface area contributed by atoms with Crippen LogP contribution in [0.4, 0.5) is 4.39 Å². The number of hydrogen-bond acceptors (Lipinski definition) is 4. The summed E-state index contributed by atoms with van der Waals surface area (Å²) in [5.41, 5.74) is 0. The zero-order valence-corrected chi connectivity index (χ0v) is 21.6. The van der Waals surface area contributed by atoms with Crippen molar-refractivity contribution >= 4 is 29.9 Å². The van der Waals surface area contributed by atoms with Gasteiger partial charge < -0.3 is 25.4 Å². The molecule has 6 nitrogen and oxygen atoms in total. The minimum Gasteiger partial charge on any atom is -0.491 e. The van der Waals surface area contributed by atoms with Crippen molar-refractivity contribution in [3.8, 4) is 5.75 Å². The van der Waals surface area contributed by atoms with Crippen LogP contribution < -0.4 is 15.4 Å². The summed E-state index contributed by atoms with van der Waals surface area (Å²) in [4.78, 5) is 7.17. The van der Waals surface area contributed by atoms with Gasteiger partial charge in [0.15, 0.2) is 5.96 Å². The lowest BCUT2D eigenvalue weighted by molar-refractivity contribution is 0.114. The van der Waals surface area contributed by atoms with Crippen molar-refractivity contribution in [1.29, 1.82) is 0 Å². The van der Waals surface area contributed by atoms with Crippen molar-refractivity contribution in [2.75, 3.05) is 39.3 Å². The molecule has 3 rings (SSSR count). The predicted octanol–water partition coefficient (Wildman–Crippen LogP) is 3.78. The number of ether oxygens (including phenoxy) is 1. The van der Waals surface area contributed by atoms with Gasteiger partial charge in [0.2, 0.25) is 0 Å². The van der Waals surface area contributed by atoms with Crippen molar-refractivity contribution in [2.24, 2.45) is 10.9 Å². The van der Waals surface area contributed by atoms with Gasteiger partial charge in [-0.05, 0) is 62.8 Å². The average molecular weight is 563 g/mol. The van der Waals surface area contributed by atoms with E-state index in [9.17, 15) is 9.50 Å². The zero-order valence-electron chi connectivity index (χ0n) is 19.3. The Hall–Kier alpha value is -1.13. The van der Waals surface area contributed by atoms with Gasteiger partial charge >= 0.3 is 0 Å². The summed E-state index contributed by atoms with van der Waals surface area (Å²) in [7, 11) is 0. The number of guanidine groups is 1. The highest BCUT2D eigenvalue weighted by atomic mass is 127. The number of aliphatic imine (C=N–C) groups is 1. The summed E-state index contributed by atoms with van der Waals surface area (Å²) in [6, 6.07) is 6.20. The summed E-state index contributed by atoms with van der Waals surface area (Å²) in [5.74, 6) is 1.87. The summed E-state index contributed by atoms with van der Waals surface area (Å²) in [6.45, 7) is 6.72. The average Bonchev–Trinajstić information content (AvgIpc) is 2.79. The van der Waals surface area contributed by atoms with Crippen LogP contribution in [0.15, 0.2) is 29.3 Å². The summed E-state index contributed by atoms with van der Waals surface area (Å²) in [6.07, 6.45) is 8.56. The Morgan fingerprint density at radius 3 is 2.50 bits per heavy atom. The molecule has 2 aliphatic rings. The van der Waals surface area contributed by atoms with E-state index in [4.69, 9.17) is 4.74 Å². The van der Waals surface area contributed by atoms with Gasteiger partial charge in [0.25, 0.3) is 0 Å². The van der Waals surface area contributed by atoms with E-state index in [2.05, 4.69) is 20.5 Å². The van der Waals surface area contributed by atoms with Gasteiger partial charge in [-0.3, -0.25) is 4.99 Å².